The number of hydrogen-bond donors (Lipinski definition) is 3. The van der Waals surface area contributed by atoms with Crippen LogP contribution in [-0.4, -0.2) is 43.8 Å². The van der Waals surface area contributed by atoms with Crippen molar-refractivity contribution in [3.05, 3.63) is 77.9 Å². The summed E-state index contributed by atoms with van der Waals surface area (Å²) in [7, 11) is 0. The van der Waals surface area contributed by atoms with Gasteiger partial charge >= 0.3 is 11.8 Å². The standard InChI is InChI=1S/C29H32N4O6/c1-4-15-38-24-12-10-22(11-13-24)32-28(35)29(36)33-30-18-21-9-14-25(26(17-21)37-5-2)39-19-27(34)31-23-8-6-7-20(3)16-23/h6-14,16-18H,4-5,15,19H2,1-3H3,(H,31,34)(H,32,35)(H,33,36)/b30-18-. The number of nitrogens with zero attached hydrogens (tertiary/aromatic N) is 1. The van der Waals surface area contributed by atoms with E-state index in [0.717, 1.165) is 12.0 Å². The van der Waals surface area contributed by atoms with E-state index in [2.05, 4.69) is 21.2 Å². The summed E-state index contributed by atoms with van der Waals surface area (Å²) in [4.78, 5) is 36.6. The third-order valence-electron chi connectivity index (χ3n) is 5.10. The van der Waals surface area contributed by atoms with Crippen LogP contribution in [0, 0.1) is 6.92 Å². The van der Waals surface area contributed by atoms with Gasteiger partial charge in [0.15, 0.2) is 18.1 Å². The van der Waals surface area contributed by atoms with E-state index in [9.17, 15) is 14.4 Å². The van der Waals surface area contributed by atoms with Crippen LogP contribution in [0.25, 0.3) is 0 Å². The lowest BCUT2D eigenvalue weighted by molar-refractivity contribution is -0.136. The quantitative estimate of drug-likeness (QED) is 0.181. The molecule has 0 spiro atoms. The molecule has 0 aliphatic rings. The minimum atomic E-state index is -0.929. The fraction of sp³-hybridized carbons (Fsp3) is 0.241. The summed E-state index contributed by atoms with van der Waals surface area (Å²) in [6.07, 6.45) is 2.25. The van der Waals surface area contributed by atoms with Crippen molar-refractivity contribution in [1.82, 2.24) is 5.43 Å². The molecule has 3 rings (SSSR count). The molecule has 3 amide bonds. The molecule has 3 aromatic carbocycles. The van der Waals surface area contributed by atoms with Gasteiger partial charge < -0.3 is 24.8 Å². The molecule has 3 N–H and O–H groups in total. The highest BCUT2D eigenvalue weighted by Gasteiger charge is 2.13. The highest BCUT2D eigenvalue weighted by atomic mass is 16.5. The average Bonchev–Trinajstić information content (AvgIpc) is 2.92. The molecule has 10 nitrogen and oxygen atoms in total. The summed E-state index contributed by atoms with van der Waals surface area (Å²) in [6.45, 7) is 6.53. The normalized spacial score (nSPS) is 10.5. The fourth-order valence-corrected chi connectivity index (χ4v) is 3.31. The minimum absolute atomic E-state index is 0.207. The van der Waals surface area contributed by atoms with Crippen molar-refractivity contribution in [3.8, 4) is 17.2 Å². The Morgan fingerprint density at radius 1 is 0.821 bits per heavy atom. The smallest absolute Gasteiger partial charge is 0.329 e. The monoisotopic (exact) mass is 532 g/mol. The highest BCUT2D eigenvalue weighted by Crippen LogP contribution is 2.28. The Labute approximate surface area is 227 Å². The van der Waals surface area contributed by atoms with Gasteiger partial charge in [-0.15, -0.1) is 0 Å². The van der Waals surface area contributed by atoms with Gasteiger partial charge in [0.05, 0.1) is 19.4 Å². The van der Waals surface area contributed by atoms with E-state index in [0.29, 0.717) is 47.4 Å². The van der Waals surface area contributed by atoms with Crippen LogP contribution in [0.3, 0.4) is 0 Å². The Balaban J connectivity index is 1.52. The van der Waals surface area contributed by atoms with Crippen molar-refractivity contribution >= 4 is 35.3 Å². The number of hydrogen-bond acceptors (Lipinski definition) is 7. The van der Waals surface area contributed by atoms with Gasteiger partial charge in [-0.1, -0.05) is 19.1 Å². The molecule has 0 atom stereocenters. The molecule has 0 bridgehead atoms. The summed E-state index contributed by atoms with van der Waals surface area (Å²) in [5, 5.41) is 9.13. The van der Waals surface area contributed by atoms with Crippen LogP contribution < -0.4 is 30.3 Å². The van der Waals surface area contributed by atoms with Crippen molar-refractivity contribution in [2.75, 3.05) is 30.5 Å². The van der Waals surface area contributed by atoms with Crippen molar-refractivity contribution in [3.63, 3.8) is 0 Å². The lowest BCUT2D eigenvalue weighted by Crippen LogP contribution is -2.32. The predicted octanol–water partition coefficient (Wildman–Crippen LogP) is 4.29. The van der Waals surface area contributed by atoms with Gasteiger partial charge in [-0.05, 0) is 86.0 Å². The van der Waals surface area contributed by atoms with Crippen LogP contribution in [0.5, 0.6) is 17.2 Å². The SMILES string of the molecule is CCCOc1ccc(NC(=O)C(=O)N/N=C\c2ccc(OCC(=O)Nc3cccc(C)c3)c(OCC)c2)cc1. The van der Waals surface area contributed by atoms with Gasteiger partial charge in [0.25, 0.3) is 5.91 Å². The topological polar surface area (TPSA) is 127 Å². The maximum atomic E-state index is 12.3. The average molecular weight is 533 g/mol. The lowest BCUT2D eigenvalue weighted by Gasteiger charge is -2.13. The molecule has 0 fully saturated rings. The first-order valence-electron chi connectivity index (χ1n) is 12.5. The number of benzene rings is 3. The first-order valence-corrected chi connectivity index (χ1v) is 12.5. The highest BCUT2D eigenvalue weighted by molar-refractivity contribution is 6.39. The number of rotatable bonds is 12. The van der Waals surface area contributed by atoms with E-state index in [1.54, 1.807) is 48.5 Å². The molecule has 204 valence electrons. The second-order valence-corrected chi connectivity index (χ2v) is 8.37. The Morgan fingerprint density at radius 2 is 1.62 bits per heavy atom. The molecule has 39 heavy (non-hydrogen) atoms. The lowest BCUT2D eigenvalue weighted by atomic mass is 10.2. The van der Waals surface area contributed by atoms with Gasteiger partial charge in [0.2, 0.25) is 0 Å². The van der Waals surface area contributed by atoms with Crippen LogP contribution in [0.4, 0.5) is 11.4 Å². The van der Waals surface area contributed by atoms with Gasteiger partial charge in [-0.2, -0.15) is 5.10 Å². The largest absolute Gasteiger partial charge is 0.494 e. The van der Waals surface area contributed by atoms with Crippen LogP contribution in [0.15, 0.2) is 71.8 Å². The number of anilines is 2. The van der Waals surface area contributed by atoms with Crippen LogP contribution in [0.1, 0.15) is 31.4 Å². The minimum Gasteiger partial charge on any atom is -0.494 e. The molecule has 0 aliphatic heterocycles. The van der Waals surface area contributed by atoms with E-state index in [1.165, 1.54) is 6.21 Å². The summed E-state index contributed by atoms with van der Waals surface area (Å²) in [5.74, 6) is -0.643. The first-order chi connectivity index (χ1) is 18.9. The molecule has 3 aromatic rings. The molecule has 0 aliphatic carbocycles. The number of carbonyl (C=O) groups excluding carboxylic acids is 3. The molecule has 0 saturated carbocycles. The Kier molecular flexibility index (Phi) is 10.9. The van der Waals surface area contributed by atoms with Crippen LogP contribution in [0.2, 0.25) is 0 Å². The number of amides is 3. The molecular weight excluding hydrogens is 500 g/mol. The van der Waals surface area contributed by atoms with Crippen molar-refractivity contribution in [2.24, 2.45) is 5.10 Å². The maximum absolute atomic E-state index is 12.3. The third kappa shape index (κ3) is 9.51. The second-order valence-electron chi connectivity index (χ2n) is 8.37. The van der Waals surface area contributed by atoms with E-state index in [4.69, 9.17) is 14.2 Å². The van der Waals surface area contributed by atoms with Gasteiger partial charge in [-0.25, -0.2) is 5.43 Å². The van der Waals surface area contributed by atoms with Gasteiger partial charge in [0, 0.05) is 11.4 Å². The van der Waals surface area contributed by atoms with Gasteiger partial charge in [-0.3, -0.25) is 14.4 Å². The zero-order valence-corrected chi connectivity index (χ0v) is 22.2. The molecule has 10 heteroatoms. The number of nitrogens with one attached hydrogen (secondary N) is 3. The summed E-state index contributed by atoms with van der Waals surface area (Å²) >= 11 is 0. The molecular formula is C29H32N4O6. The Morgan fingerprint density at radius 3 is 2.33 bits per heavy atom. The van der Waals surface area contributed by atoms with E-state index in [1.807, 2.05) is 39.0 Å². The number of aryl methyl sites for hydroxylation is 1. The third-order valence-corrected chi connectivity index (χ3v) is 5.10. The first kappa shape index (κ1) is 28.7. The van der Waals surface area contributed by atoms with E-state index >= 15 is 0 Å². The summed E-state index contributed by atoms with van der Waals surface area (Å²) in [6, 6.07) is 19.1. The van der Waals surface area contributed by atoms with Gasteiger partial charge in [0.1, 0.15) is 5.75 Å². The second kappa shape index (κ2) is 14.8. The van der Waals surface area contributed by atoms with Crippen LogP contribution in [-0.2, 0) is 14.4 Å². The molecule has 0 saturated heterocycles. The maximum Gasteiger partial charge on any atom is 0.329 e. The zero-order valence-electron chi connectivity index (χ0n) is 22.2. The van der Waals surface area contributed by atoms with Crippen molar-refractivity contribution in [1.29, 1.82) is 0 Å². The summed E-state index contributed by atoms with van der Waals surface area (Å²) in [5.41, 5.74) is 4.94. The van der Waals surface area contributed by atoms with E-state index in [-0.39, 0.29) is 12.5 Å². The van der Waals surface area contributed by atoms with E-state index < -0.39 is 11.8 Å². The van der Waals surface area contributed by atoms with Crippen molar-refractivity contribution in [2.45, 2.75) is 27.2 Å². The van der Waals surface area contributed by atoms with Crippen molar-refractivity contribution < 1.29 is 28.6 Å². The molecule has 0 aromatic heterocycles. The number of ether oxygens (including phenoxy) is 3. The number of carbonyl (C=O) groups is 3. The fourth-order valence-electron chi connectivity index (χ4n) is 3.31. The Bertz CT molecular complexity index is 1310. The Hall–Kier alpha value is -4.86. The molecule has 0 radical (unpaired) electrons. The predicted molar refractivity (Wildman–Crippen MR) is 150 cm³/mol. The van der Waals surface area contributed by atoms with Crippen LogP contribution >= 0.6 is 0 Å². The molecule has 0 unspecified atom stereocenters. The summed E-state index contributed by atoms with van der Waals surface area (Å²) < 4.78 is 16.8. The number of hydrazone groups is 1. The molecule has 0 heterocycles. The zero-order chi connectivity index (χ0) is 28.0.